The van der Waals surface area contributed by atoms with Crippen LogP contribution in [0, 0.1) is 11.3 Å². The summed E-state index contributed by atoms with van der Waals surface area (Å²) in [6, 6.07) is 22.3. The van der Waals surface area contributed by atoms with E-state index in [2.05, 4.69) is 41.0 Å². The van der Waals surface area contributed by atoms with Gasteiger partial charge in [0.25, 0.3) is 0 Å². The van der Waals surface area contributed by atoms with Crippen molar-refractivity contribution in [3.63, 3.8) is 0 Å². The number of fused-ring (bicyclic) bond motifs is 2. The molecule has 0 aromatic heterocycles. The molecule has 0 radical (unpaired) electrons. The Morgan fingerprint density at radius 2 is 1.65 bits per heavy atom. The van der Waals surface area contributed by atoms with Crippen LogP contribution in [0.1, 0.15) is 22.6 Å². The van der Waals surface area contributed by atoms with Crippen LogP contribution < -0.4 is 10.6 Å². The number of benzene rings is 3. The monoisotopic (exact) mass is 462 g/mol. The Labute approximate surface area is 194 Å². The lowest BCUT2D eigenvalue weighted by molar-refractivity contribution is -0.137. The topological polar surface area (TPSA) is 68.2 Å². The zero-order chi connectivity index (χ0) is 23.9. The highest BCUT2D eigenvalue weighted by Gasteiger charge is 2.48. The van der Waals surface area contributed by atoms with Crippen LogP contribution in [0.3, 0.4) is 0 Å². The molecule has 34 heavy (non-hydrogen) atoms. The van der Waals surface area contributed by atoms with Crippen LogP contribution in [0.5, 0.6) is 0 Å². The number of anilines is 1. The number of carbonyl (C=O) groups is 1. The lowest BCUT2D eigenvalue weighted by Gasteiger charge is -2.54. The molecule has 3 aromatic carbocycles. The van der Waals surface area contributed by atoms with E-state index >= 15 is 0 Å². The van der Waals surface area contributed by atoms with E-state index in [1.807, 2.05) is 18.2 Å². The van der Waals surface area contributed by atoms with E-state index in [9.17, 15) is 18.0 Å². The molecule has 3 heterocycles. The molecule has 2 N–H and O–H groups in total. The summed E-state index contributed by atoms with van der Waals surface area (Å²) < 4.78 is 38.2. The van der Waals surface area contributed by atoms with Crippen molar-refractivity contribution in [1.82, 2.24) is 10.2 Å². The minimum atomic E-state index is -4.41. The Bertz CT molecular complexity index is 1240. The molecule has 8 heteroatoms. The number of nitriles is 1. The number of nitrogens with zero attached hydrogens (tertiary/aromatic N) is 2. The second kappa shape index (κ2) is 8.50. The van der Waals surface area contributed by atoms with Gasteiger partial charge in [0, 0.05) is 36.8 Å². The van der Waals surface area contributed by atoms with Crippen molar-refractivity contribution < 1.29 is 18.0 Å². The highest BCUT2D eigenvalue weighted by atomic mass is 19.4. The summed E-state index contributed by atoms with van der Waals surface area (Å²) in [5, 5.41) is 15.3. The first-order valence-electron chi connectivity index (χ1n) is 10.9. The molecule has 1 unspecified atom stereocenters. The van der Waals surface area contributed by atoms with Gasteiger partial charge in [-0.2, -0.15) is 18.4 Å². The molecule has 3 aromatic rings. The molecule has 0 saturated carbocycles. The lowest BCUT2D eigenvalue weighted by atomic mass is 9.74. The van der Waals surface area contributed by atoms with Crippen molar-refractivity contribution in [2.75, 3.05) is 18.4 Å². The van der Waals surface area contributed by atoms with Crippen molar-refractivity contribution >= 4 is 11.7 Å². The summed E-state index contributed by atoms with van der Waals surface area (Å²) in [5.41, 5.74) is 3.42. The number of carbonyl (C=O) groups excluding carboxylic acids is 1. The lowest BCUT2D eigenvalue weighted by Crippen LogP contribution is -2.72. The number of piperidine rings is 1. The maximum absolute atomic E-state index is 12.7. The molecule has 3 aliphatic heterocycles. The number of nitrogens with one attached hydrogen (secondary N) is 2. The summed E-state index contributed by atoms with van der Waals surface area (Å²) in [7, 11) is 0. The number of alkyl halides is 3. The number of halogens is 3. The van der Waals surface area contributed by atoms with Crippen LogP contribution in [0.2, 0.25) is 0 Å². The van der Waals surface area contributed by atoms with Crippen LogP contribution >= 0.6 is 0 Å². The second-order valence-electron chi connectivity index (χ2n) is 8.63. The van der Waals surface area contributed by atoms with Gasteiger partial charge in [-0.15, -0.1) is 0 Å². The standard InChI is InChI=1S/C26H21F3N4O/c27-26(28,29)20-8-10-21(11-9-20)31-25(34)33-14-22-24(23(15-33)32-22)18-6-4-17(5-7-18)19-3-1-2-16(12-19)13-30/h1-12,22-24,32H,14-15H2,(H,31,34)/t22-,23+,24?. The predicted octanol–water partition coefficient (Wildman–Crippen LogP) is 5.22. The molecule has 3 saturated heterocycles. The molecule has 3 atom stereocenters. The van der Waals surface area contributed by atoms with E-state index in [1.54, 1.807) is 11.0 Å². The Morgan fingerprint density at radius 1 is 0.971 bits per heavy atom. The van der Waals surface area contributed by atoms with Gasteiger partial charge in [0.1, 0.15) is 0 Å². The number of urea groups is 1. The van der Waals surface area contributed by atoms with Gasteiger partial charge in [-0.05, 0) is 53.1 Å². The molecular formula is C26H21F3N4O. The maximum atomic E-state index is 12.7. The number of amides is 2. The van der Waals surface area contributed by atoms with Gasteiger partial charge >= 0.3 is 12.2 Å². The number of rotatable bonds is 3. The summed E-state index contributed by atoms with van der Waals surface area (Å²) in [6.07, 6.45) is -4.41. The first-order valence-corrected chi connectivity index (χ1v) is 10.9. The van der Waals surface area contributed by atoms with Crippen molar-refractivity contribution in [2.45, 2.75) is 24.2 Å². The first-order chi connectivity index (χ1) is 16.3. The van der Waals surface area contributed by atoms with Gasteiger partial charge in [-0.3, -0.25) is 0 Å². The van der Waals surface area contributed by atoms with E-state index in [0.717, 1.165) is 23.3 Å². The van der Waals surface area contributed by atoms with Crippen LogP contribution in [0.15, 0.2) is 72.8 Å². The number of hydrogen-bond acceptors (Lipinski definition) is 3. The normalized spacial score (nSPS) is 21.4. The second-order valence-corrected chi connectivity index (χ2v) is 8.63. The van der Waals surface area contributed by atoms with Crippen LogP contribution in [-0.2, 0) is 6.18 Å². The van der Waals surface area contributed by atoms with E-state index in [4.69, 9.17) is 5.26 Å². The van der Waals surface area contributed by atoms with Gasteiger partial charge in [0.15, 0.2) is 0 Å². The third kappa shape index (κ3) is 4.22. The molecule has 0 aliphatic carbocycles. The SMILES string of the molecule is N#Cc1cccc(-c2ccc(C3[C@@H]4CN(C(=O)Nc5ccc(C(F)(F)F)cc5)C[C@H]3N4)cc2)c1. The van der Waals surface area contributed by atoms with Gasteiger partial charge in [0.05, 0.1) is 17.2 Å². The van der Waals surface area contributed by atoms with Crippen molar-refractivity contribution in [2.24, 2.45) is 0 Å². The molecule has 6 rings (SSSR count). The summed E-state index contributed by atoms with van der Waals surface area (Å²) in [6.45, 7) is 1.03. The fourth-order valence-electron chi connectivity index (χ4n) is 4.77. The average molecular weight is 462 g/mol. The average Bonchev–Trinajstić information content (AvgIpc) is 2.84. The number of hydrogen-bond donors (Lipinski definition) is 2. The largest absolute Gasteiger partial charge is 0.416 e. The van der Waals surface area contributed by atoms with E-state index in [0.29, 0.717) is 24.3 Å². The molecule has 2 bridgehead atoms. The van der Waals surface area contributed by atoms with Crippen molar-refractivity contribution in [3.05, 3.63) is 89.5 Å². The minimum absolute atomic E-state index is 0.116. The van der Waals surface area contributed by atoms with Gasteiger partial charge in [0.2, 0.25) is 0 Å². The van der Waals surface area contributed by atoms with Gasteiger partial charge in [-0.25, -0.2) is 4.79 Å². The molecule has 172 valence electrons. The quantitative estimate of drug-likeness (QED) is 0.561. The third-order valence-electron chi connectivity index (χ3n) is 6.50. The summed E-state index contributed by atoms with van der Waals surface area (Å²) in [5.74, 6) is 0.287. The van der Waals surface area contributed by atoms with Crippen LogP contribution in [-0.4, -0.2) is 36.1 Å². The summed E-state index contributed by atoms with van der Waals surface area (Å²) >= 11 is 0. The van der Waals surface area contributed by atoms with Crippen LogP contribution in [0.4, 0.5) is 23.7 Å². The Hall–Kier alpha value is -3.83. The maximum Gasteiger partial charge on any atom is 0.416 e. The van der Waals surface area contributed by atoms with E-state index in [-0.39, 0.29) is 24.0 Å². The first kappa shape index (κ1) is 22.0. The van der Waals surface area contributed by atoms with Gasteiger partial charge < -0.3 is 15.5 Å². The molecule has 3 aliphatic rings. The zero-order valence-corrected chi connectivity index (χ0v) is 18.0. The highest BCUT2D eigenvalue weighted by molar-refractivity contribution is 5.89. The Morgan fingerprint density at radius 3 is 2.26 bits per heavy atom. The third-order valence-corrected chi connectivity index (χ3v) is 6.50. The Balaban J connectivity index is 1.21. The fraction of sp³-hybridized carbons (Fsp3) is 0.231. The van der Waals surface area contributed by atoms with Crippen LogP contribution in [0.25, 0.3) is 11.1 Å². The molecular weight excluding hydrogens is 441 g/mol. The fourth-order valence-corrected chi connectivity index (χ4v) is 4.77. The number of piperazine rings is 1. The predicted molar refractivity (Wildman–Crippen MR) is 122 cm³/mol. The molecule has 3 fully saturated rings. The van der Waals surface area contributed by atoms with Gasteiger partial charge in [-0.1, -0.05) is 36.4 Å². The smallest absolute Gasteiger partial charge is 0.321 e. The Kier molecular flexibility index (Phi) is 5.50. The molecule has 5 nitrogen and oxygen atoms in total. The molecule has 2 amide bonds. The molecule has 0 spiro atoms. The summed E-state index contributed by atoms with van der Waals surface area (Å²) in [4.78, 5) is 14.4. The highest BCUT2D eigenvalue weighted by Crippen LogP contribution is 2.38. The zero-order valence-electron chi connectivity index (χ0n) is 18.0. The minimum Gasteiger partial charge on any atom is -0.321 e. The van der Waals surface area contributed by atoms with E-state index < -0.39 is 11.7 Å². The van der Waals surface area contributed by atoms with Crippen molar-refractivity contribution in [1.29, 1.82) is 5.26 Å². The van der Waals surface area contributed by atoms with E-state index in [1.165, 1.54) is 17.7 Å². The van der Waals surface area contributed by atoms with Crippen molar-refractivity contribution in [3.8, 4) is 17.2 Å².